The van der Waals surface area contributed by atoms with Gasteiger partial charge in [-0.2, -0.15) is 0 Å². The van der Waals surface area contributed by atoms with E-state index in [9.17, 15) is 14.4 Å². The molecule has 1 amide bonds. The summed E-state index contributed by atoms with van der Waals surface area (Å²) in [4.78, 5) is 44.3. The van der Waals surface area contributed by atoms with Gasteiger partial charge in [0.2, 0.25) is 5.91 Å². The van der Waals surface area contributed by atoms with E-state index in [1.807, 2.05) is 18.3 Å². The van der Waals surface area contributed by atoms with Crippen LogP contribution in [0.2, 0.25) is 0 Å². The topological polar surface area (TPSA) is 95.7 Å². The van der Waals surface area contributed by atoms with Crippen LogP contribution in [0, 0.1) is 5.41 Å². The molecule has 146 valence electrons. The van der Waals surface area contributed by atoms with E-state index >= 15 is 0 Å². The fourth-order valence-corrected chi connectivity index (χ4v) is 4.29. The Hall–Kier alpha value is -3.16. The number of aromatic nitrogens is 2. The number of carbonyl (C=O) groups excluding carboxylic acids is 1. The Bertz CT molecular complexity index is 958. The molecule has 2 aromatic rings. The highest BCUT2D eigenvalue weighted by molar-refractivity contribution is 6.00. The van der Waals surface area contributed by atoms with Crippen LogP contribution < -0.4 is 15.4 Å². The molecular weight excluding hydrogens is 360 g/mol. The molecule has 1 N–H and O–H groups in total. The van der Waals surface area contributed by atoms with E-state index in [0.717, 1.165) is 36.1 Å². The number of hydrogen-bond acceptors (Lipinski definition) is 5. The maximum Gasteiger partial charge on any atom is 0.323 e. The van der Waals surface area contributed by atoms with Gasteiger partial charge in [-0.05, 0) is 37.5 Å². The molecule has 1 spiro atoms. The van der Waals surface area contributed by atoms with Crippen molar-refractivity contribution in [2.45, 2.75) is 25.8 Å². The highest BCUT2D eigenvalue weighted by Gasteiger charge is 2.49. The molecule has 28 heavy (non-hydrogen) atoms. The summed E-state index contributed by atoms with van der Waals surface area (Å²) in [5.41, 5.74) is 0.735. The molecule has 2 aliphatic heterocycles. The van der Waals surface area contributed by atoms with Crippen molar-refractivity contribution in [2.75, 3.05) is 29.4 Å². The standard InChI is InChI=1S/C20H22N4O4/c25-17-5-4-16(12-23(17)13-18(26)27)24-10-7-20(19(24)28)6-2-9-22(14-20)15-3-1-8-21-11-15/h1,3-5,8,11-12H,2,6-7,9-10,13-14H2,(H,26,27)/t20-/m1/s1. The predicted molar refractivity (Wildman–Crippen MR) is 103 cm³/mol. The zero-order chi connectivity index (χ0) is 19.7. The molecule has 1 atom stereocenters. The van der Waals surface area contributed by atoms with Crippen molar-refractivity contribution in [2.24, 2.45) is 5.41 Å². The van der Waals surface area contributed by atoms with Gasteiger partial charge in [-0.1, -0.05) is 0 Å². The van der Waals surface area contributed by atoms with Gasteiger partial charge < -0.3 is 19.5 Å². The second-order valence-corrected chi connectivity index (χ2v) is 7.47. The van der Waals surface area contributed by atoms with Gasteiger partial charge in [0.25, 0.3) is 5.56 Å². The minimum absolute atomic E-state index is 0.0432. The zero-order valence-corrected chi connectivity index (χ0v) is 15.5. The van der Waals surface area contributed by atoms with E-state index in [1.54, 1.807) is 17.2 Å². The number of amides is 1. The molecular formula is C20H22N4O4. The maximum atomic E-state index is 13.4. The third-order valence-corrected chi connectivity index (χ3v) is 5.69. The van der Waals surface area contributed by atoms with Crippen LogP contribution in [0.25, 0.3) is 0 Å². The minimum Gasteiger partial charge on any atom is -0.480 e. The van der Waals surface area contributed by atoms with Gasteiger partial charge in [0.1, 0.15) is 6.54 Å². The van der Waals surface area contributed by atoms with Crippen molar-refractivity contribution in [3.63, 3.8) is 0 Å². The van der Waals surface area contributed by atoms with Crippen LogP contribution in [-0.2, 0) is 16.1 Å². The van der Waals surface area contributed by atoms with Crippen molar-refractivity contribution in [1.82, 2.24) is 9.55 Å². The normalized spacial score (nSPS) is 22.1. The van der Waals surface area contributed by atoms with Crippen molar-refractivity contribution in [3.05, 3.63) is 53.2 Å². The van der Waals surface area contributed by atoms with Crippen molar-refractivity contribution in [3.8, 4) is 0 Å². The lowest BCUT2D eigenvalue weighted by Crippen LogP contribution is -2.48. The number of pyridine rings is 2. The van der Waals surface area contributed by atoms with E-state index in [0.29, 0.717) is 18.8 Å². The molecule has 0 aliphatic carbocycles. The summed E-state index contributed by atoms with van der Waals surface area (Å²) in [6.45, 7) is 1.67. The number of carbonyl (C=O) groups is 2. The molecule has 0 radical (unpaired) electrons. The Morgan fingerprint density at radius 2 is 2.00 bits per heavy atom. The molecule has 4 heterocycles. The average molecular weight is 382 g/mol. The number of rotatable bonds is 4. The van der Waals surface area contributed by atoms with E-state index in [4.69, 9.17) is 5.11 Å². The van der Waals surface area contributed by atoms with Gasteiger partial charge in [0.15, 0.2) is 0 Å². The maximum absolute atomic E-state index is 13.4. The molecule has 8 heteroatoms. The molecule has 2 aromatic heterocycles. The molecule has 0 aromatic carbocycles. The molecule has 2 aliphatic rings. The number of aliphatic carboxylic acids is 1. The van der Waals surface area contributed by atoms with E-state index < -0.39 is 23.5 Å². The number of anilines is 2. The lowest BCUT2D eigenvalue weighted by molar-refractivity contribution is -0.137. The first-order chi connectivity index (χ1) is 13.5. The second-order valence-electron chi connectivity index (χ2n) is 7.47. The van der Waals surface area contributed by atoms with Gasteiger partial charge >= 0.3 is 5.97 Å². The molecule has 0 bridgehead atoms. The van der Waals surface area contributed by atoms with Gasteiger partial charge in [-0.3, -0.25) is 19.4 Å². The fourth-order valence-electron chi connectivity index (χ4n) is 4.29. The summed E-state index contributed by atoms with van der Waals surface area (Å²) in [6.07, 6.45) is 7.51. The Labute approximate surface area is 162 Å². The lowest BCUT2D eigenvalue weighted by Gasteiger charge is -2.40. The quantitative estimate of drug-likeness (QED) is 0.858. The first kappa shape index (κ1) is 18.2. The summed E-state index contributed by atoms with van der Waals surface area (Å²) >= 11 is 0. The molecule has 2 saturated heterocycles. The van der Waals surface area contributed by atoms with E-state index in [-0.39, 0.29) is 5.91 Å². The number of nitrogens with zero attached hydrogens (tertiary/aromatic N) is 4. The number of hydrogen-bond donors (Lipinski definition) is 1. The monoisotopic (exact) mass is 382 g/mol. The van der Waals surface area contributed by atoms with Crippen LogP contribution in [0.5, 0.6) is 0 Å². The van der Waals surface area contributed by atoms with Gasteiger partial charge in [-0.15, -0.1) is 0 Å². The van der Waals surface area contributed by atoms with Crippen LogP contribution in [0.1, 0.15) is 19.3 Å². The van der Waals surface area contributed by atoms with Crippen LogP contribution in [0.15, 0.2) is 47.7 Å². The van der Waals surface area contributed by atoms with Crippen LogP contribution >= 0.6 is 0 Å². The molecule has 0 unspecified atom stereocenters. The largest absolute Gasteiger partial charge is 0.480 e. The third-order valence-electron chi connectivity index (χ3n) is 5.69. The molecule has 0 saturated carbocycles. The van der Waals surface area contributed by atoms with Gasteiger partial charge in [0.05, 0.1) is 23.0 Å². The highest BCUT2D eigenvalue weighted by Crippen LogP contribution is 2.42. The molecule has 2 fully saturated rings. The Morgan fingerprint density at radius 3 is 2.75 bits per heavy atom. The molecule has 4 rings (SSSR count). The third kappa shape index (κ3) is 3.26. The average Bonchev–Trinajstić information content (AvgIpc) is 3.00. The van der Waals surface area contributed by atoms with Crippen LogP contribution in [0.4, 0.5) is 11.4 Å². The first-order valence-electron chi connectivity index (χ1n) is 9.38. The SMILES string of the molecule is O=C(O)Cn1cc(N2CC[C@@]3(CCCN(c4cccnc4)C3)C2=O)ccc1=O. The fraction of sp³-hybridized carbons (Fsp3) is 0.400. The Morgan fingerprint density at radius 1 is 1.14 bits per heavy atom. The summed E-state index contributed by atoms with van der Waals surface area (Å²) in [5, 5.41) is 8.98. The van der Waals surface area contributed by atoms with Crippen molar-refractivity contribution in [1.29, 1.82) is 0 Å². The summed E-state index contributed by atoms with van der Waals surface area (Å²) in [7, 11) is 0. The smallest absolute Gasteiger partial charge is 0.323 e. The summed E-state index contributed by atoms with van der Waals surface area (Å²) < 4.78 is 1.12. The van der Waals surface area contributed by atoms with Crippen LogP contribution in [0.3, 0.4) is 0 Å². The summed E-state index contributed by atoms with van der Waals surface area (Å²) in [6, 6.07) is 6.81. The van der Waals surface area contributed by atoms with Gasteiger partial charge in [0, 0.05) is 38.1 Å². The minimum atomic E-state index is -1.09. The molecule has 8 nitrogen and oxygen atoms in total. The Kier molecular flexibility index (Phi) is 4.62. The van der Waals surface area contributed by atoms with Crippen LogP contribution in [-0.4, -0.2) is 46.2 Å². The number of carboxylic acids is 1. The zero-order valence-electron chi connectivity index (χ0n) is 15.5. The Balaban J connectivity index is 1.58. The second kappa shape index (κ2) is 7.10. The predicted octanol–water partition coefficient (Wildman–Crippen LogP) is 1.35. The first-order valence-corrected chi connectivity index (χ1v) is 9.38. The van der Waals surface area contributed by atoms with Gasteiger partial charge in [-0.25, -0.2) is 0 Å². The van der Waals surface area contributed by atoms with E-state index in [2.05, 4.69) is 9.88 Å². The lowest BCUT2D eigenvalue weighted by atomic mass is 9.78. The van der Waals surface area contributed by atoms with E-state index in [1.165, 1.54) is 12.3 Å². The highest BCUT2D eigenvalue weighted by atomic mass is 16.4. The summed E-state index contributed by atoms with van der Waals surface area (Å²) in [5.74, 6) is -1.05. The number of carboxylic acid groups (broad SMARTS) is 1. The number of piperidine rings is 1. The van der Waals surface area contributed by atoms with Crippen molar-refractivity contribution < 1.29 is 14.7 Å². The van der Waals surface area contributed by atoms with Crippen molar-refractivity contribution >= 4 is 23.3 Å².